The smallest absolute Gasteiger partial charge is 0.337 e. The summed E-state index contributed by atoms with van der Waals surface area (Å²) in [7, 11) is 0. The number of carboxylic acid groups (broad SMARTS) is 1. The van der Waals surface area contributed by atoms with Gasteiger partial charge in [0.15, 0.2) is 5.60 Å². The number of nitrogens with zero attached hydrogens (tertiary/aromatic N) is 1. The van der Waals surface area contributed by atoms with Crippen molar-refractivity contribution >= 4 is 5.97 Å². The summed E-state index contributed by atoms with van der Waals surface area (Å²) in [6, 6.07) is 2.58. The summed E-state index contributed by atoms with van der Waals surface area (Å²) in [5.41, 5.74) is 4.47. The number of aliphatic carboxylic acids is 1. The first-order valence-corrected chi connectivity index (χ1v) is 9.14. The molecule has 0 aliphatic heterocycles. The molecule has 25 heavy (non-hydrogen) atoms. The highest BCUT2D eigenvalue weighted by Crippen LogP contribution is 2.32. The summed E-state index contributed by atoms with van der Waals surface area (Å²) in [4.78, 5) is 15.9. The lowest BCUT2D eigenvalue weighted by Gasteiger charge is -2.31. The molecule has 1 heterocycles. The summed E-state index contributed by atoms with van der Waals surface area (Å²) >= 11 is 0. The third-order valence-electron chi connectivity index (χ3n) is 5.07. The molecule has 0 spiro atoms. The van der Waals surface area contributed by atoms with Crippen LogP contribution in [-0.4, -0.2) is 39.4 Å². The van der Waals surface area contributed by atoms with E-state index >= 15 is 0 Å². The van der Waals surface area contributed by atoms with Crippen LogP contribution in [0.4, 0.5) is 0 Å². The van der Waals surface area contributed by atoms with Gasteiger partial charge in [-0.2, -0.15) is 0 Å². The number of nitrogens with two attached hydrogens (primary N) is 1. The Hall–Kier alpha value is -1.66. The molecule has 4 N–H and O–H groups in total. The topological polar surface area (TPSA) is 106 Å². The molecule has 0 bridgehead atoms. The van der Waals surface area contributed by atoms with Gasteiger partial charge in [0.05, 0.1) is 6.61 Å². The Balaban J connectivity index is 2.03. The van der Waals surface area contributed by atoms with Crippen molar-refractivity contribution in [3.05, 3.63) is 24.0 Å². The lowest BCUT2D eigenvalue weighted by atomic mass is 9.83. The zero-order valence-corrected chi connectivity index (χ0v) is 15.1. The number of aliphatic hydroxyl groups is 1. The molecule has 0 radical (unpaired) electrons. The number of hydrogen-bond donors (Lipinski definition) is 3. The lowest BCUT2D eigenvalue weighted by Crippen LogP contribution is -2.56. The van der Waals surface area contributed by atoms with Crippen molar-refractivity contribution in [3.8, 4) is 5.75 Å². The molecule has 1 aliphatic carbocycles. The fraction of sp³-hybridized carbons (Fsp3) is 0.684. The highest BCUT2D eigenvalue weighted by atomic mass is 16.5. The van der Waals surface area contributed by atoms with E-state index in [0.717, 1.165) is 18.8 Å². The molecule has 140 valence electrons. The van der Waals surface area contributed by atoms with Gasteiger partial charge in [0, 0.05) is 30.4 Å². The molecule has 6 heteroatoms. The van der Waals surface area contributed by atoms with E-state index in [1.807, 2.05) is 13.8 Å². The van der Waals surface area contributed by atoms with Crippen molar-refractivity contribution < 1.29 is 19.7 Å². The Morgan fingerprint density at radius 1 is 1.52 bits per heavy atom. The molecule has 1 aliphatic rings. The number of hydrogen-bond acceptors (Lipinski definition) is 5. The van der Waals surface area contributed by atoms with Gasteiger partial charge in [-0.05, 0) is 30.7 Å². The number of ether oxygens (including phenoxy) is 1. The zero-order valence-electron chi connectivity index (χ0n) is 15.1. The number of pyridine rings is 1. The average Bonchev–Trinajstić information content (AvgIpc) is 3.39. The molecule has 2 rings (SSSR count). The molecule has 0 amide bonds. The van der Waals surface area contributed by atoms with Gasteiger partial charge < -0.3 is 20.7 Å². The van der Waals surface area contributed by atoms with Crippen LogP contribution in [0.3, 0.4) is 0 Å². The third kappa shape index (κ3) is 5.68. The van der Waals surface area contributed by atoms with Crippen LogP contribution in [0, 0.1) is 11.8 Å². The maximum atomic E-state index is 11.7. The monoisotopic (exact) mass is 350 g/mol. The van der Waals surface area contributed by atoms with Crippen LogP contribution in [0.1, 0.15) is 51.6 Å². The van der Waals surface area contributed by atoms with E-state index < -0.39 is 17.6 Å². The van der Waals surface area contributed by atoms with Crippen LogP contribution in [0.25, 0.3) is 0 Å². The molecule has 0 aromatic carbocycles. The van der Waals surface area contributed by atoms with Crippen molar-refractivity contribution in [3.63, 3.8) is 0 Å². The minimum Gasteiger partial charge on any atom is -0.493 e. The van der Waals surface area contributed by atoms with E-state index in [-0.39, 0.29) is 12.3 Å². The molecule has 1 fully saturated rings. The molecular formula is C19H30N2O4. The summed E-state index contributed by atoms with van der Waals surface area (Å²) in [6.07, 6.45) is 6.36. The zero-order chi connectivity index (χ0) is 18.4. The first kappa shape index (κ1) is 19.7. The van der Waals surface area contributed by atoms with Gasteiger partial charge in [-0.3, -0.25) is 4.98 Å². The Morgan fingerprint density at radius 3 is 2.84 bits per heavy atom. The minimum atomic E-state index is -2.04. The van der Waals surface area contributed by atoms with E-state index in [2.05, 4.69) is 4.98 Å². The minimum absolute atomic E-state index is 0.139. The van der Waals surface area contributed by atoms with E-state index in [0.29, 0.717) is 24.5 Å². The largest absolute Gasteiger partial charge is 0.493 e. The van der Waals surface area contributed by atoms with E-state index in [1.54, 1.807) is 18.3 Å². The Labute approximate surface area is 149 Å². The van der Waals surface area contributed by atoms with Gasteiger partial charge in [0.2, 0.25) is 0 Å². The fourth-order valence-corrected chi connectivity index (χ4v) is 2.83. The summed E-state index contributed by atoms with van der Waals surface area (Å²) in [6.45, 7) is 4.65. The molecule has 1 aromatic heterocycles. The molecule has 6 nitrogen and oxygen atoms in total. The average molecular weight is 350 g/mol. The van der Waals surface area contributed by atoms with Crippen LogP contribution in [-0.2, 0) is 11.2 Å². The highest BCUT2D eigenvalue weighted by Gasteiger charge is 2.43. The second kappa shape index (κ2) is 8.63. The normalized spacial score (nSPS) is 19.0. The van der Waals surface area contributed by atoms with Gasteiger partial charge in [-0.1, -0.05) is 33.1 Å². The number of carboxylic acids is 1. The van der Waals surface area contributed by atoms with Gasteiger partial charge in [-0.15, -0.1) is 0 Å². The van der Waals surface area contributed by atoms with Crippen LogP contribution in [0.5, 0.6) is 5.75 Å². The summed E-state index contributed by atoms with van der Waals surface area (Å²) < 4.78 is 5.71. The molecule has 0 saturated heterocycles. The predicted octanol–water partition coefficient (Wildman–Crippen LogP) is 2.38. The second-order valence-electron chi connectivity index (χ2n) is 7.33. The second-order valence-corrected chi connectivity index (χ2v) is 7.33. The van der Waals surface area contributed by atoms with Crippen molar-refractivity contribution in [2.45, 2.75) is 64.0 Å². The quantitative estimate of drug-likeness (QED) is 0.566. The number of aromatic nitrogens is 1. The van der Waals surface area contributed by atoms with Crippen LogP contribution >= 0.6 is 0 Å². The van der Waals surface area contributed by atoms with Gasteiger partial charge in [0.25, 0.3) is 0 Å². The van der Waals surface area contributed by atoms with E-state index in [1.165, 1.54) is 12.8 Å². The highest BCUT2D eigenvalue weighted by molar-refractivity contribution is 5.78. The molecule has 3 atom stereocenters. The van der Waals surface area contributed by atoms with Crippen LogP contribution in [0.2, 0.25) is 0 Å². The van der Waals surface area contributed by atoms with Gasteiger partial charge >= 0.3 is 5.97 Å². The maximum Gasteiger partial charge on any atom is 0.337 e. The van der Waals surface area contributed by atoms with Gasteiger partial charge in [-0.25, -0.2) is 4.79 Å². The van der Waals surface area contributed by atoms with Crippen LogP contribution in [0.15, 0.2) is 18.3 Å². The SMILES string of the molecule is CCC(C)C[C@H](N)[C@](O)(Cc1cc(OCCC2CC2)ccn1)C(=O)O. The standard InChI is InChI=1S/C19H30N2O4/c1-3-13(2)10-17(20)19(24,18(22)23)12-15-11-16(6-8-21-15)25-9-7-14-4-5-14/h6,8,11,13-14,17,24H,3-5,7,9-10,12,20H2,1-2H3,(H,22,23)/t13?,17-,19+/m0/s1. The van der Waals surface area contributed by atoms with Crippen molar-refractivity contribution in [1.82, 2.24) is 4.98 Å². The Bertz CT molecular complexity index is 576. The third-order valence-corrected chi connectivity index (χ3v) is 5.07. The predicted molar refractivity (Wildman–Crippen MR) is 95.4 cm³/mol. The molecule has 1 saturated carbocycles. The molecule has 1 aromatic rings. The summed E-state index contributed by atoms with van der Waals surface area (Å²) in [5.74, 6) is 0.363. The Morgan fingerprint density at radius 2 is 2.24 bits per heavy atom. The maximum absolute atomic E-state index is 11.7. The Kier molecular flexibility index (Phi) is 6.79. The van der Waals surface area contributed by atoms with Crippen LogP contribution < -0.4 is 10.5 Å². The van der Waals surface area contributed by atoms with Gasteiger partial charge in [0.1, 0.15) is 5.75 Å². The van der Waals surface area contributed by atoms with Crippen molar-refractivity contribution in [1.29, 1.82) is 0 Å². The van der Waals surface area contributed by atoms with E-state index in [4.69, 9.17) is 10.5 Å². The lowest BCUT2D eigenvalue weighted by molar-refractivity contribution is -0.161. The number of carbonyl (C=O) groups is 1. The molecular weight excluding hydrogens is 320 g/mol. The fourth-order valence-electron chi connectivity index (χ4n) is 2.83. The first-order valence-electron chi connectivity index (χ1n) is 9.14. The van der Waals surface area contributed by atoms with E-state index in [9.17, 15) is 15.0 Å². The molecule has 1 unspecified atom stereocenters. The number of rotatable bonds is 11. The van der Waals surface area contributed by atoms with Crippen molar-refractivity contribution in [2.75, 3.05) is 6.61 Å². The summed E-state index contributed by atoms with van der Waals surface area (Å²) in [5, 5.41) is 20.2. The first-order chi connectivity index (χ1) is 11.8. The van der Waals surface area contributed by atoms with Crippen molar-refractivity contribution in [2.24, 2.45) is 17.6 Å².